The van der Waals surface area contributed by atoms with Crippen molar-refractivity contribution in [2.24, 2.45) is 0 Å². The lowest BCUT2D eigenvalue weighted by Gasteiger charge is -2.31. The van der Waals surface area contributed by atoms with Crippen LogP contribution in [0.3, 0.4) is 0 Å². The lowest BCUT2D eigenvalue weighted by Crippen LogP contribution is -2.28. The van der Waals surface area contributed by atoms with Crippen molar-refractivity contribution in [3.05, 3.63) is 174 Å². The maximum Gasteiger partial charge on any atom is 0.0998 e. The Balaban J connectivity index is 1.19. The maximum absolute atomic E-state index is 9.95. The Morgan fingerprint density at radius 2 is 1.31 bits per heavy atom. The number of hydrogen-bond donors (Lipinski definition) is 0. The van der Waals surface area contributed by atoms with E-state index in [1.165, 1.54) is 11.3 Å². The third kappa shape index (κ3) is 4.14. The summed E-state index contributed by atoms with van der Waals surface area (Å²) in [5.41, 5.74) is 12.3. The summed E-state index contributed by atoms with van der Waals surface area (Å²) in [4.78, 5) is 2.47. The fraction of sp³-hybridized carbons (Fsp3) is 0.0455. The summed E-state index contributed by atoms with van der Waals surface area (Å²) < 4.78 is 2.23. The Morgan fingerprint density at radius 1 is 0.562 bits per heavy atom. The Bertz CT molecular complexity index is 2550. The van der Waals surface area contributed by atoms with Crippen LogP contribution in [0.1, 0.15) is 22.6 Å². The summed E-state index contributed by atoms with van der Waals surface area (Å²) >= 11 is 0. The minimum atomic E-state index is 0.183. The van der Waals surface area contributed by atoms with E-state index in [-0.39, 0.29) is 12.0 Å². The van der Waals surface area contributed by atoms with Crippen LogP contribution in [0.25, 0.3) is 49.7 Å². The average molecular weight is 613 g/mol. The van der Waals surface area contributed by atoms with Crippen molar-refractivity contribution in [3.63, 3.8) is 0 Å². The zero-order valence-corrected chi connectivity index (χ0v) is 26.0. The highest BCUT2D eigenvalue weighted by molar-refractivity contribution is 6.11. The fourth-order valence-corrected chi connectivity index (χ4v) is 7.75. The first-order valence-corrected chi connectivity index (χ1v) is 16.1. The Kier molecular flexibility index (Phi) is 6.35. The zero-order chi connectivity index (χ0) is 32.2. The predicted molar refractivity (Wildman–Crippen MR) is 194 cm³/mol. The molecule has 0 spiro atoms. The molecule has 2 aliphatic rings. The van der Waals surface area contributed by atoms with Gasteiger partial charge in [-0.25, -0.2) is 0 Å². The second-order valence-corrected chi connectivity index (χ2v) is 12.3. The van der Waals surface area contributed by atoms with Crippen LogP contribution in [-0.4, -0.2) is 10.6 Å². The number of anilines is 2. The Morgan fingerprint density at radius 3 is 2.17 bits per heavy atom. The molecule has 2 unspecified atom stereocenters. The molecule has 48 heavy (non-hydrogen) atoms. The van der Waals surface area contributed by atoms with Crippen LogP contribution in [0.5, 0.6) is 0 Å². The van der Waals surface area contributed by atoms with Crippen molar-refractivity contribution >= 4 is 33.2 Å². The van der Waals surface area contributed by atoms with Gasteiger partial charge in [-0.3, -0.25) is 0 Å². The van der Waals surface area contributed by atoms with E-state index >= 15 is 0 Å². The third-order valence-electron chi connectivity index (χ3n) is 9.82. The molecule has 0 N–H and O–H groups in total. The smallest absolute Gasteiger partial charge is 0.0998 e. The van der Waals surface area contributed by atoms with E-state index in [9.17, 15) is 10.5 Å². The van der Waals surface area contributed by atoms with Crippen molar-refractivity contribution in [1.82, 2.24) is 4.57 Å². The quantitative estimate of drug-likeness (QED) is 0.199. The van der Waals surface area contributed by atoms with Crippen molar-refractivity contribution in [3.8, 4) is 40.1 Å². The third-order valence-corrected chi connectivity index (χ3v) is 9.82. The molecule has 4 nitrogen and oxygen atoms in total. The number of nitriles is 2. The Labute approximate surface area is 279 Å². The molecule has 2 heterocycles. The molecular weight excluding hydrogens is 585 g/mol. The first-order valence-electron chi connectivity index (χ1n) is 16.1. The number of aromatic nitrogens is 1. The molecule has 1 aliphatic carbocycles. The van der Waals surface area contributed by atoms with Gasteiger partial charge in [0, 0.05) is 39.3 Å². The van der Waals surface area contributed by atoms with E-state index in [2.05, 4.69) is 143 Å². The predicted octanol–water partition coefficient (Wildman–Crippen LogP) is 10.6. The van der Waals surface area contributed by atoms with Crippen LogP contribution < -0.4 is 4.90 Å². The number of allylic oxidation sites excluding steroid dienone is 2. The molecule has 4 heteroatoms. The van der Waals surface area contributed by atoms with Gasteiger partial charge in [0.25, 0.3) is 0 Å². The van der Waals surface area contributed by atoms with Gasteiger partial charge in [0.05, 0.1) is 40.3 Å². The van der Waals surface area contributed by atoms with Gasteiger partial charge < -0.3 is 9.47 Å². The number of rotatable bonds is 4. The second kappa shape index (κ2) is 11.0. The minimum Gasteiger partial charge on any atom is -0.333 e. The number of nitrogens with zero attached hydrogens (tertiary/aromatic N) is 4. The van der Waals surface area contributed by atoms with Gasteiger partial charge in [-0.1, -0.05) is 103 Å². The fourth-order valence-electron chi connectivity index (χ4n) is 7.75. The van der Waals surface area contributed by atoms with E-state index in [0.29, 0.717) is 11.1 Å². The van der Waals surface area contributed by atoms with Crippen LogP contribution >= 0.6 is 0 Å². The van der Waals surface area contributed by atoms with Crippen LogP contribution in [0.2, 0.25) is 0 Å². The summed E-state index contributed by atoms with van der Waals surface area (Å²) in [5, 5.41) is 21.9. The monoisotopic (exact) mass is 612 g/mol. The molecule has 0 saturated carbocycles. The summed E-state index contributed by atoms with van der Waals surface area (Å²) in [7, 11) is 0. The zero-order valence-electron chi connectivity index (χ0n) is 26.0. The standard InChI is InChI=1S/C44H28N4/c45-27-29-20-25-33(34-11-1-5-15-39(34)48-40-16-6-2-12-35(40)36-13-3-7-17-41(36)48)38(26-29)30-21-23-32(24-22-30)47-42-18-8-4-14-37(42)44-31(28-46)10-9-19-43(44)47/h1-26,35,40H. The van der Waals surface area contributed by atoms with Gasteiger partial charge in [0.1, 0.15) is 0 Å². The molecule has 224 valence electrons. The molecule has 2 atom stereocenters. The highest BCUT2D eigenvalue weighted by atomic mass is 15.2. The molecule has 6 aromatic carbocycles. The van der Waals surface area contributed by atoms with Crippen LogP contribution in [-0.2, 0) is 0 Å². The van der Waals surface area contributed by atoms with Gasteiger partial charge in [-0.05, 0) is 76.9 Å². The second-order valence-electron chi connectivity index (χ2n) is 12.3. The molecule has 0 fully saturated rings. The van der Waals surface area contributed by atoms with Crippen molar-refractivity contribution in [2.75, 3.05) is 4.90 Å². The molecule has 1 aromatic heterocycles. The van der Waals surface area contributed by atoms with Crippen molar-refractivity contribution in [1.29, 1.82) is 10.5 Å². The summed E-state index contributed by atoms with van der Waals surface area (Å²) in [6, 6.07) is 51.0. The van der Waals surface area contributed by atoms with Crippen LogP contribution in [0.4, 0.5) is 11.4 Å². The van der Waals surface area contributed by atoms with E-state index in [1.807, 2.05) is 36.4 Å². The van der Waals surface area contributed by atoms with E-state index in [0.717, 1.165) is 55.4 Å². The molecular formula is C44H28N4. The molecule has 9 rings (SSSR count). The molecule has 0 saturated heterocycles. The SMILES string of the molecule is N#Cc1ccc(-c2ccccc2N2c3ccccc3C3C=CC=CC32)c(-c2ccc(-n3c4ccccc4c4c(C#N)cccc43)cc2)c1. The van der Waals surface area contributed by atoms with Crippen LogP contribution in [0.15, 0.2) is 158 Å². The first-order chi connectivity index (χ1) is 23.7. The highest BCUT2D eigenvalue weighted by Crippen LogP contribution is 2.50. The van der Waals surface area contributed by atoms with Gasteiger partial charge in [-0.2, -0.15) is 10.5 Å². The first kappa shape index (κ1) is 27.7. The van der Waals surface area contributed by atoms with Gasteiger partial charge >= 0.3 is 0 Å². The van der Waals surface area contributed by atoms with Crippen molar-refractivity contribution in [2.45, 2.75) is 12.0 Å². The number of para-hydroxylation sites is 3. The summed E-state index contributed by atoms with van der Waals surface area (Å²) in [6.07, 6.45) is 8.90. The van der Waals surface area contributed by atoms with E-state index in [4.69, 9.17) is 0 Å². The molecule has 0 bridgehead atoms. The number of fused-ring (bicyclic) bond motifs is 6. The van der Waals surface area contributed by atoms with Gasteiger partial charge in [-0.15, -0.1) is 0 Å². The minimum absolute atomic E-state index is 0.183. The summed E-state index contributed by atoms with van der Waals surface area (Å²) in [6.45, 7) is 0. The van der Waals surface area contributed by atoms with Gasteiger partial charge in [0.15, 0.2) is 0 Å². The van der Waals surface area contributed by atoms with Crippen molar-refractivity contribution < 1.29 is 0 Å². The van der Waals surface area contributed by atoms with E-state index in [1.54, 1.807) is 0 Å². The average Bonchev–Trinajstić information content (AvgIpc) is 3.68. The lowest BCUT2D eigenvalue weighted by atomic mass is 9.90. The van der Waals surface area contributed by atoms with Crippen LogP contribution in [0, 0.1) is 22.7 Å². The van der Waals surface area contributed by atoms with Gasteiger partial charge in [0.2, 0.25) is 0 Å². The topological polar surface area (TPSA) is 55.8 Å². The molecule has 0 amide bonds. The summed E-state index contributed by atoms with van der Waals surface area (Å²) in [5.74, 6) is 0.289. The largest absolute Gasteiger partial charge is 0.333 e. The normalized spacial score (nSPS) is 16.1. The number of hydrogen-bond acceptors (Lipinski definition) is 3. The maximum atomic E-state index is 9.95. The highest BCUT2D eigenvalue weighted by Gasteiger charge is 2.38. The number of benzene rings is 6. The van der Waals surface area contributed by atoms with E-state index < -0.39 is 0 Å². The lowest BCUT2D eigenvalue weighted by molar-refractivity contribution is 0.745. The molecule has 7 aromatic rings. The molecule has 0 radical (unpaired) electrons. The Hall–Kier alpha value is -6.62. The molecule has 1 aliphatic heterocycles.